The summed E-state index contributed by atoms with van der Waals surface area (Å²) in [5, 5.41) is 0. The van der Waals surface area contributed by atoms with Crippen LogP contribution in [0.2, 0.25) is 39.3 Å². The van der Waals surface area contributed by atoms with Crippen LogP contribution < -0.4 is 0 Å². The van der Waals surface area contributed by atoms with Crippen molar-refractivity contribution in [3.8, 4) is 0 Å². The van der Waals surface area contributed by atoms with Crippen LogP contribution >= 0.6 is 0 Å². The average Bonchev–Trinajstić information content (AvgIpc) is 2.68. The molecule has 2 aromatic carbocycles. The van der Waals surface area contributed by atoms with E-state index in [0.717, 1.165) is 36.0 Å². The van der Waals surface area contributed by atoms with Crippen LogP contribution in [-0.2, 0) is 10.2 Å². The molecule has 0 amide bonds. The molecule has 0 heterocycles. The van der Waals surface area contributed by atoms with Gasteiger partial charge in [-0.25, -0.2) is 0 Å². The molecule has 0 unspecified atom stereocenters. The van der Waals surface area contributed by atoms with Gasteiger partial charge in [0.25, 0.3) is 0 Å². The highest BCUT2D eigenvalue weighted by Crippen LogP contribution is 2.55. The van der Waals surface area contributed by atoms with Gasteiger partial charge in [0.15, 0.2) is 5.78 Å². The van der Waals surface area contributed by atoms with Gasteiger partial charge in [-0.1, -0.05) is 113 Å². The van der Waals surface area contributed by atoms with Gasteiger partial charge in [0, 0.05) is 11.3 Å². The number of rotatable bonds is 8. The molecular formula is C26H37NOSi2. The predicted octanol–water partition coefficient (Wildman–Crippen LogP) is 6.97. The molecular weight excluding hydrogens is 398 g/mol. The molecule has 0 N–H and O–H groups in total. The number of carbonyl (C=O) groups is 1. The zero-order chi connectivity index (χ0) is 22.2. The van der Waals surface area contributed by atoms with E-state index in [0.29, 0.717) is 5.78 Å². The number of hydrogen-bond donors (Lipinski definition) is 0. The first kappa shape index (κ1) is 22.8. The molecule has 3 rings (SSSR count). The molecule has 4 heteroatoms. The Morgan fingerprint density at radius 2 is 1.20 bits per heavy atom. The summed E-state index contributed by atoms with van der Waals surface area (Å²) >= 11 is 0. The van der Waals surface area contributed by atoms with E-state index in [1.807, 2.05) is 12.1 Å². The summed E-state index contributed by atoms with van der Waals surface area (Å²) in [6, 6.07) is 21.0. The van der Waals surface area contributed by atoms with Crippen molar-refractivity contribution < 1.29 is 4.79 Å². The topological polar surface area (TPSA) is 20.3 Å². The fourth-order valence-corrected chi connectivity index (χ4v) is 15.2. The van der Waals surface area contributed by atoms with Crippen molar-refractivity contribution in [3.63, 3.8) is 0 Å². The van der Waals surface area contributed by atoms with Crippen LogP contribution in [0.3, 0.4) is 0 Å². The number of allylic oxidation sites excluding steroid dienone is 2. The molecule has 0 radical (unpaired) electrons. The van der Waals surface area contributed by atoms with Gasteiger partial charge >= 0.3 is 0 Å². The quantitative estimate of drug-likeness (QED) is 0.417. The molecule has 1 aliphatic rings. The summed E-state index contributed by atoms with van der Waals surface area (Å²) in [6.45, 7) is 16.8. The summed E-state index contributed by atoms with van der Waals surface area (Å²) in [5.74, 6) is 0.310. The van der Waals surface area contributed by atoms with E-state index in [2.05, 4.69) is 99.0 Å². The van der Waals surface area contributed by atoms with E-state index in [4.69, 9.17) is 0 Å². The fourth-order valence-electron chi connectivity index (χ4n) is 5.25. The number of hydrogen-bond acceptors (Lipinski definition) is 2. The Labute approximate surface area is 185 Å². The molecule has 0 spiro atoms. The monoisotopic (exact) mass is 435 g/mol. The van der Waals surface area contributed by atoms with Crippen molar-refractivity contribution in [3.05, 3.63) is 83.1 Å². The fraction of sp³-hybridized carbons (Fsp3) is 0.423. The molecule has 0 aliphatic heterocycles. The maximum absolute atomic E-state index is 14.1. The largest absolute Gasteiger partial charge is 0.426 e. The van der Waals surface area contributed by atoms with Crippen molar-refractivity contribution in [2.75, 3.05) is 0 Å². The summed E-state index contributed by atoms with van der Waals surface area (Å²) in [7, 11) is -3.47. The maximum Gasteiger partial charge on any atom is 0.181 e. The third-order valence-corrected chi connectivity index (χ3v) is 13.2. The maximum atomic E-state index is 14.1. The first-order valence-electron chi connectivity index (χ1n) is 11.3. The van der Waals surface area contributed by atoms with E-state index >= 15 is 0 Å². The van der Waals surface area contributed by atoms with Crippen LogP contribution in [0.15, 0.2) is 71.9 Å². The Bertz CT molecular complexity index is 868. The van der Waals surface area contributed by atoms with E-state index < -0.39 is 21.9 Å². The Hall–Kier alpha value is -1.92. The Kier molecular flexibility index (Phi) is 6.31. The number of ketones is 1. The predicted molar refractivity (Wildman–Crippen MR) is 134 cm³/mol. The first-order valence-corrected chi connectivity index (χ1v) is 18.2. The van der Waals surface area contributed by atoms with Crippen molar-refractivity contribution in [2.24, 2.45) is 0 Å². The second kappa shape index (κ2) is 8.31. The van der Waals surface area contributed by atoms with E-state index in [-0.39, 0.29) is 0 Å². The summed E-state index contributed by atoms with van der Waals surface area (Å²) in [6.07, 6.45) is 3.06. The number of benzene rings is 2. The molecule has 2 nitrogen and oxygen atoms in total. The lowest BCUT2D eigenvalue weighted by Crippen LogP contribution is -2.66. The molecule has 0 saturated carbocycles. The van der Waals surface area contributed by atoms with Crippen molar-refractivity contribution in [1.82, 2.24) is 4.23 Å². The SMILES string of the molecule is CCCCC1=C(N([Si](C)(C)C)[Si](C)(C)C)C(c2ccccc2)(c2ccccc2)C1=O. The highest BCUT2D eigenvalue weighted by molar-refractivity contribution is 6.90. The second-order valence-corrected chi connectivity index (χ2v) is 20.4. The van der Waals surface area contributed by atoms with Crippen LogP contribution in [0.4, 0.5) is 0 Å². The van der Waals surface area contributed by atoms with Crippen LogP contribution in [0.25, 0.3) is 0 Å². The van der Waals surface area contributed by atoms with Gasteiger partial charge in [-0.3, -0.25) is 4.79 Å². The molecule has 0 fully saturated rings. The van der Waals surface area contributed by atoms with Gasteiger partial charge in [0.1, 0.15) is 21.9 Å². The molecule has 160 valence electrons. The van der Waals surface area contributed by atoms with Crippen molar-refractivity contribution in [2.45, 2.75) is 70.9 Å². The molecule has 0 saturated heterocycles. The number of unbranched alkanes of at least 4 members (excludes halogenated alkanes) is 1. The highest BCUT2D eigenvalue weighted by atomic mass is 28.4. The first-order chi connectivity index (χ1) is 14.1. The summed E-state index contributed by atoms with van der Waals surface area (Å²) in [5.41, 5.74) is 3.94. The normalized spacial score (nSPS) is 16.4. The Morgan fingerprint density at radius 3 is 1.57 bits per heavy atom. The van der Waals surface area contributed by atoms with E-state index in [1.165, 1.54) is 5.70 Å². The molecule has 1 aliphatic carbocycles. The van der Waals surface area contributed by atoms with Gasteiger partial charge in [0.05, 0.1) is 0 Å². The van der Waals surface area contributed by atoms with Gasteiger partial charge in [-0.05, 0) is 24.0 Å². The van der Waals surface area contributed by atoms with Crippen LogP contribution in [0.5, 0.6) is 0 Å². The molecule has 30 heavy (non-hydrogen) atoms. The molecule has 0 atom stereocenters. The minimum atomic E-state index is -1.74. The Morgan fingerprint density at radius 1 is 0.767 bits per heavy atom. The zero-order valence-electron chi connectivity index (χ0n) is 19.8. The van der Waals surface area contributed by atoms with E-state index in [1.54, 1.807) is 0 Å². The molecule has 0 bridgehead atoms. The van der Waals surface area contributed by atoms with Crippen molar-refractivity contribution >= 4 is 22.3 Å². The number of Topliss-reactive ketones (excluding diaryl/α,β-unsaturated/α-hetero) is 1. The van der Waals surface area contributed by atoms with Crippen LogP contribution in [-0.4, -0.2) is 26.5 Å². The number of nitrogens with zero attached hydrogens (tertiary/aromatic N) is 1. The molecule has 2 aromatic rings. The second-order valence-electron chi connectivity index (χ2n) is 10.4. The highest BCUT2D eigenvalue weighted by Gasteiger charge is 2.59. The van der Waals surface area contributed by atoms with Gasteiger partial charge in [-0.2, -0.15) is 0 Å². The van der Waals surface area contributed by atoms with Gasteiger partial charge in [0.2, 0.25) is 0 Å². The third-order valence-electron chi connectivity index (χ3n) is 6.01. The smallest absolute Gasteiger partial charge is 0.181 e. The van der Waals surface area contributed by atoms with Gasteiger partial charge < -0.3 is 4.23 Å². The lowest BCUT2D eigenvalue weighted by molar-refractivity contribution is -0.121. The lowest BCUT2D eigenvalue weighted by Gasteiger charge is -2.58. The zero-order valence-corrected chi connectivity index (χ0v) is 21.8. The van der Waals surface area contributed by atoms with E-state index in [9.17, 15) is 4.79 Å². The minimum Gasteiger partial charge on any atom is -0.426 e. The average molecular weight is 436 g/mol. The number of carbonyl (C=O) groups excluding carboxylic acids is 1. The standard InChI is InChI=1S/C26H37NOSi2/c1-8-9-20-23-24(27(29(2,3)4)30(5,6)7)26(25(23)28,21-16-12-10-13-17-21)22-18-14-11-15-19-22/h10-19H,8-9,20H2,1-7H3. The summed E-state index contributed by atoms with van der Waals surface area (Å²) < 4.78 is 2.78. The van der Waals surface area contributed by atoms with Crippen LogP contribution in [0.1, 0.15) is 37.3 Å². The van der Waals surface area contributed by atoms with Crippen molar-refractivity contribution in [1.29, 1.82) is 0 Å². The third kappa shape index (κ3) is 3.76. The van der Waals surface area contributed by atoms with Gasteiger partial charge in [-0.15, -0.1) is 0 Å². The Balaban J connectivity index is 2.39. The van der Waals surface area contributed by atoms with Crippen LogP contribution in [0, 0.1) is 0 Å². The lowest BCUT2D eigenvalue weighted by atomic mass is 9.58. The molecule has 0 aromatic heterocycles. The summed E-state index contributed by atoms with van der Waals surface area (Å²) in [4.78, 5) is 14.1. The minimum absolute atomic E-state index is 0.310.